The van der Waals surface area contributed by atoms with Gasteiger partial charge in [0.1, 0.15) is 17.8 Å². The second-order valence-electron chi connectivity index (χ2n) is 6.00. The third kappa shape index (κ3) is 6.86. The molecule has 1 saturated heterocycles. The maximum atomic E-state index is 12.0. The summed E-state index contributed by atoms with van der Waals surface area (Å²) in [5.74, 6) is 1.40. The summed E-state index contributed by atoms with van der Waals surface area (Å²) in [5, 5.41) is 2.86. The van der Waals surface area contributed by atoms with E-state index < -0.39 is 0 Å². The van der Waals surface area contributed by atoms with Gasteiger partial charge in [0, 0.05) is 38.9 Å². The minimum absolute atomic E-state index is 0. The standard InChI is InChI=1S/C17H23N5O2.3ClH/c1-21-4-6-22(7-5-21)16-3-2-13(10-19-16)11-20-17(23)14-8-15(9-18)24-12-14;;;/h2-3,8,10,12H,4-7,9,11,18H2,1H3,(H,20,23);3*1H. The molecular weight excluding hydrogens is 413 g/mol. The third-order valence-corrected chi connectivity index (χ3v) is 4.21. The van der Waals surface area contributed by atoms with E-state index in [-0.39, 0.29) is 49.7 Å². The van der Waals surface area contributed by atoms with Crippen molar-refractivity contribution in [1.82, 2.24) is 15.2 Å². The number of hydrogen-bond acceptors (Lipinski definition) is 6. The zero-order valence-corrected chi connectivity index (χ0v) is 17.5. The summed E-state index contributed by atoms with van der Waals surface area (Å²) in [4.78, 5) is 21.2. The Morgan fingerprint density at radius 2 is 1.93 bits per heavy atom. The average molecular weight is 439 g/mol. The quantitative estimate of drug-likeness (QED) is 0.743. The highest BCUT2D eigenvalue weighted by Gasteiger charge is 2.15. The molecule has 1 fully saturated rings. The van der Waals surface area contributed by atoms with Crippen LogP contribution in [0.3, 0.4) is 0 Å². The minimum atomic E-state index is -0.179. The number of nitrogens with zero attached hydrogens (tertiary/aromatic N) is 3. The molecule has 152 valence electrons. The second-order valence-corrected chi connectivity index (χ2v) is 6.00. The first-order valence-electron chi connectivity index (χ1n) is 8.10. The topological polar surface area (TPSA) is 87.6 Å². The number of piperazine rings is 1. The van der Waals surface area contributed by atoms with Gasteiger partial charge in [0.15, 0.2) is 0 Å². The molecule has 0 bridgehead atoms. The van der Waals surface area contributed by atoms with Crippen LogP contribution in [0.2, 0.25) is 0 Å². The van der Waals surface area contributed by atoms with E-state index in [0.717, 1.165) is 37.6 Å². The Balaban J connectivity index is 0.00000225. The Morgan fingerprint density at radius 1 is 1.22 bits per heavy atom. The molecule has 3 N–H and O–H groups in total. The number of pyridine rings is 1. The zero-order valence-electron chi connectivity index (χ0n) is 15.1. The summed E-state index contributed by atoms with van der Waals surface area (Å²) in [7, 11) is 2.13. The Kier molecular flexibility index (Phi) is 11.4. The highest BCUT2D eigenvalue weighted by atomic mass is 35.5. The monoisotopic (exact) mass is 437 g/mol. The molecule has 0 unspecified atom stereocenters. The van der Waals surface area contributed by atoms with Crippen molar-refractivity contribution < 1.29 is 9.21 Å². The SMILES string of the molecule is CN1CCN(c2ccc(CNC(=O)c3coc(CN)c3)cn2)CC1.Cl.Cl.Cl. The third-order valence-electron chi connectivity index (χ3n) is 4.21. The Morgan fingerprint density at radius 3 is 2.48 bits per heavy atom. The first-order chi connectivity index (χ1) is 11.7. The maximum absolute atomic E-state index is 12.0. The lowest BCUT2D eigenvalue weighted by atomic mass is 10.2. The van der Waals surface area contributed by atoms with Crippen molar-refractivity contribution in [3.63, 3.8) is 0 Å². The van der Waals surface area contributed by atoms with Crippen molar-refractivity contribution in [3.05, 3.63) is 47.5 Å². The van der Waals surface area contributed by atoms with Crippen LogP contribution in [0.1, 0.15) is 21.7 Å². The maximum Gasteiger partial charge on any atom is 0.254 e. The number of amides is 1. The summed E-state index contributed by atoms with van der Waals surface area (Å²) < 4.78 is 5.17. The van der Waals surface area contributed by atoms with Gasteiger partial charge in [-0.25, -0.2) is 4.98 Å². The van der Waals surface area contributed by atoms with Crippen molar-refractivity contribution in [1.29, 1.82) is 0 Å². The predicted octanol–water partition coefficient (Wildman–Crippen LogP) is 2.08. The van der Waals surface area contributed by atoms with Crippen LogP contribution in [0.5, 0.6) is 0 Å². The molecule has 0 aromatic carbocycles. The molecule has 0 atom stereocenters. The molecule has 1 aliphatic rings. The highest BCUT2D eigenvalue weighted by molar-refractivity contribution is 5.93. The molecule has 1 aliphatic heterocycles. The number of halogens is 3. The van der Waals surface area contributed by atoms with Gasteiger partial charge in [0.05, 0.1) is 12.1 Å². The summed E-state index contributed by atoms with van der Waals surface area (Å²) in [6.45, 7) is 4.79. The van der Waals surface area contributed by atoms with Crippen LogP contribution >= 0.6 is 37.2 Å². The van der Waals surface area contributed by atoms with Gasteiger partial charge in [-0.05, 0) is 24.7 Å². The predicted molar refractivity (Wildman–Crippen MR) is 113 cm³/mol. The van der Waals surface area contributed by atoms with E-state index >= 15 is 0 Å². The van der Waals surface area contributed by atoms with E-state index in [1.807, 2.05) is 18.3 Å². The van der Waals surface area contributed by atoms with Crippen molar-refractivity contribution in [2.45, 2.75) is 13.1 Å². The molecule has 0 radical (unpaired) electrons. The van der Waals surface area contributed by atoms with Crippen LogP contribution in [0, 0.1) is 0 Å². The molecule has 2 aromatic rings. The van der Waals surface area contributed by atoms with Crippen molar-refractivity contribution in [2.24, 2.45) is 5.73 Å². The van der Waals surface area contributed by atoms with Gasteiger partial charge in [0.2, 0.25) is 0 Å². The zero-order chi connectivity index (χ0) is 16.9. The van der Waals surface area contributed by atoms with Gasteiger partial charge in [-0.15, -0.1) is 37.2 Å². The molecule has 1 amide bonds. The van der Waals surface area contributed by atoms with Gasteiger partial charge in [-0.3, -0.25) is 4.79 Å². The summed E-state index contributed by atoms with van der Waals surface area (Å²) >= 11 is 0. The molecule has 27 heavy (non-hydrogen) atoms. The number of rotatable bonds is 5. The minimum Gasteiger partial charge on any atom is -0.467 e. The number of likely N-dealkylation sites (N-methyl/N-ethyl adjacent to an activating group) is 1. The lowest BCUT2D eigenvalue weighted by Crippen LogP contribution is -2.44. The summed E-state index contributed by atoms with van der Waals surface area (Å²) in [6, 6.07) is 5.67. The fourth-order valence-corrected chi connectivity index (χ4v) is 2.64. The fourth-order valence-electron chi connectivity index (χ4n) is 2.64. The molecule has 7 nitrogen and oxygen atoms in total. The number of carbonyl (C=O) groups excluding carboxylic acids is 1. The Bertz CT molecular complexity index is 688. The Hall–Kier alpha value is -1.51. The van der Waals surface area contributed by atoms with Crippen LogP contribution in [-0.2, 0) is 13.1 Å². The van der Waals surface area contributed by atoms with E-state index in [1.54, 1.807) is 6.07 Å². The number of carbonyl (C=O) groups is 1. The smallest absolute Gasteiger partial charge is 0.254 e. The summed E-state index contributed by atoms with van der Waals surface area (Å²) in [5.41, 5.74) is 6.92. The average Bonchev–Trinajstić information content (AvgIpc) is 3.10. The summed E-state index contributed by atoms with van der Waals surface area (Å²) in [6.07, 6.45) is 3.24. The molecule has 0 aliphatic carbocycles. The van der Waals surface area contributed by atoms with Gasteiger partial charge < -0.3 is 25.3 Å². The molecule has 0 spiro atoms. The van der Waals surface area contributed by atoms with Crippen LogP contribution < -0.4 is 16.0 Å². The first kappa shape index (κ1) is 25.5. The molecule has 3 heterocycles. The lowest BCUT2D eigenvalue weighted by molar-refractivity contribution is 0.0950. The number of nitrogens with two attached hydrogens (primary N) is 1. The Labute approximate surface area is 177 Å². The molecule has 10 heteroatoms. The van der Waals surface area contributed by atoms with Crippen LogP contribution in [0.4, 0.5) is 5.82 Å². The van der Waals surface area contributed by atoms with Crippen LogP contribution in [0.15, 0.2) is 35.1 Å². The van der Waals surface area contributed by atoms with Crippen LogP contribution in [0.25, 0.3) is 0 Å². The molecule has 3 rings (SSSR count). The van der Waals surface area contributed by atoms with E-state index in [2.05, 4.69) is 27.1 Å². The normalized spacial score (nSPS) is 13.8. The number of nitrogens with one attached hydrogen (secondary N) is 1. The van der Waals surface area contributed by atoms with E-state index in [1.165, 1.54) is 6.26 Å². The van der Waals surface area contributed by atoms with Gasteiger partial charge in [0.25, 0.3) is 5.91 Å². The number of furan rings is 1. The number of aromatic nitrogens is 1. The van der Waals surface area contributed by atoms with E-state index in [9.17, 15) is 4.79 Å². The van der Waals surface area contributed by atoms with Gasteiger partial charge >= 0.3 is 0 Å². The first-order valence-corrected chi connectivity index (χ1v) is 8.10. The van der Waals surface area contributed by atoms with Crippen molar-refractivity contribution in [2.75, 3.05) is 38.1 Å². The number of hydrogen-bond donors (Lipinski definition) is 2. The number of anilines is 1. The fraction of sp³-hybridized carbons (Fsp3) is 0.412. The molecular formula is C17H26Cl3N5O2. The molecule has 0 saturated carbocycles. The van der Waals surface area contributed by atoms with E-state index in [4.69, 9.17) is 10.2 Å². The van der Waals surface area contributed by atoms with Crippen LogP contribution in [-0.4, -0.2) is 49.0 Å². The van der Waals surface area contributed by atoms with Crippen molar-refractivity contribution >= 4 is 48.9 Å². The van der Waals surface area contributed by atoms with Gasteiger partial charge in [-0.2, -0.15) is 0 Å². The largest absolute Gasteiger partial charge is 0.467 e. The second kappa shape index (κ2) is 12.0. The highest BCUT2D eigenvalue weighted by Crippen LogP contribution is 2.14. The lowest BCUT2D eigenvalue weighted by Gasteiger charge is -2.33. The van der Waals surface area contributed by atoms with Crippen molar-refractivity contribution in [3.8, 4) is 0 Å². The molecule has 2 aromatic heterocycles. The van der Waals surface area contributed by atoms with Gasteiger partial charge in [-0.1, -0.05) is 6.07 Å². The van der Waals surface area contributed by atoms with E-state index in [0.29, 0.717) is 17.9 Å².